The summed E-state index contributed by atoms with van der Waals surface area (Å²) in [6, 6.07) is 0. The Morgan fingerprint density at radius 2 is 1.77 bits per heavy atom. The zero-order valence-electron chi connectivity index (χ0n) is 22.9. The SMILES string of the molecule is C=C1C[C@@]2(C[C@H]3[C@@H]4CC[C@H]([C@H](C)CCCC(C)C)[C@@]4(C)CC[C@@H]3[C@@]3(C)CC[C@H](O)C[C@]23O)OC1=O. The van der Waals surface area contributed by atoms with Gasteiger partial charge in [-0.2, -0.15) is 0 Å². The lowest BCUT2D eigenvalue weighted by molar-refractivity contribution is -0.302. The van der Waals surface area contributed by atoms with Crippen LogP contribution in [0.4, 0.5) is 0 Å². The molecule has 4 nitrogen and oxygen atoms in total. The molecule has 10 atom stereocenters. The lowest BCUT2D eigenvalue weighted by Crippen LogP contribution is -2.74. The van der Waals surface area contributed by atoms with E-state index < -0.39 is 17.3 Å². The van der Waals surface area contributed by atoms with Gasteiger partial charge >= 0.3 is 5.97 Å². The molecule has 0 aromatic carbocycles. The minimum atomic E-state index is -1.19. The molecule has 5 fully saturated rings. The van der Waals surface area contributed by atoms with Crippen LogP contribution in [0.25, 0.3) is 0 Å². The fourth-order valence-electron chi connectivity index (χ4n) is 10.5. The average Bonchev–Trinajstić information content (AvgIpc) is 3.27. The van der Waals surface area contributed by atoms with Gasteiger partial charge in [-0.25, -0.2) is 4.79 Å². The zero-order valence-corrected chi connectivity index (χ0v) is 22.9. The van der Waals surface area contributed by atoms with Gasteiger partial charge in [-0.3, -0.25) is 0 Å². The number of aliphatic hydroxyl groups is 2. The molecule has 1 saturated heterocycles. The second-order valence-electron chi connectivity index (χ2n) is 14.4. The molecule has 4 saturated carbocycles. The van der Waals surface area contributed by atoms with Crippen LogP contribution in [0, 0.1) is 46.3 Å². The number of rotatable bonds is 5. The average molecular weight is 487 g/mol. The Balaban J connectivity index is 1.46. The summed E-state index contributed by atoms with van der Waals surface area (Å²) >= 11 is 0. The van der Waals surface area contributed by atoms with E-state index in [0.29, 0.717) is 41.6 Å². The van der Waals surface area contributed by atoms with Crippen LogP contribution in [0.2, 0.25) is 0 Å². The van der Waals surface area contributed by atoms with Crippen molar-refractivity contribution in [1.29, 1.82) is 0 Å². The molecular formula is C31H50O4. The summed E-state index contributed by atoms with van der Waals surface area (Å²) in [7, 11) is 0. The molecule has 5 rings (SSSR count). The predicted molar refractivity (Wildman–Crippen MR) is 138 cm³/mol. The molecule has 0 unspecified atom stereocenters. The molecule has 1 spiro atoms. The van der Waals surface area contributed by atoms with Crippen LogP contribution in [0.5, 0.6) is 0 Å². The normalized spacial score (nSPS) is 50.1. The summed E-state index contributed by atoms with van der Waals surface area (Å²) in [4.78, 5) is 12.7. The smallest absolute Gasteiger partial charge is 0.334 e. The minimum absolute atomic E-state index is 0.310. The molecule has 0 radical (unpaired) electrons. The van der Waals surface area contributed by atoms with Crippen molar-refractivity contribution in [2.45, 2.75) is 129 Å². The van der Waals surface area contributed by atoms with Gasteiger partial charge in [0.15, 0.2) is 0 Å². The third-order valence-corrected chi connectivity index (χ3v) is 12.3. The maximum absolute atomic E-state index is 12.7. The van der Waals surface area contributed by atoms with Crippen molar-refractivity contribution in [2.75, 3.05) is 0 Å². The molecule has 1 aliphatic heterocycles. The predicted octanol–water partition coefficient (Wildman–Crippen LogP) is 6.44. The van der Waals surface area contributed by atoms with Crippen molar-refractivity contribution in [3.63, 3.8) is 0 Å². The summed E-state index contributed by atoms with van der Waals surface area (Å²) in [6.07, 6.45) is 11.4. The van der Waals surface area contributed by atoms with Crippen LogP contribution >= 0.6 is 0 Å². The van der Waals surface area contributed by atoms with Gasteiger partial charge in [-0.15, -0.1) is 0 Å². The largest absolute Gasteiger partial charge is 0.452 e. The summed E-state index contributed by atoms with van der Waals surface area (Å²) in [5.41, 5.74) is -1.65. The molecule has 4 heteroatoms. The zero-order chi connectivity index (χ0) is 25.4. The van der Waals surface area contributed by atoms with E-state index in [1.807, 2.05) is 0 Å². The van der Waals surface area contributed by atoms with Gasteiger partial charge in [0.25, 0.3) is 0 Å². The van der Waals surface area contributed by atoms with Crippen molar-refractivity contribution >= 4 is 5.97 Å². The lowest BCUT2D eigenvalue weighted by Gasteiger charge is -2.68. The topological polar surface area (TPSA) is 66.8 Å². The first-order valence-electron chi connectivity index (χ1n) is 14.7. The van der Waals surface area contributed by atoms with E-state index in [9.17, 15) is 15.0 Å². The summed E-state index contributed by atoms with van der Waals surface area (Å²) < 4.78 is 6.17. The van der Waals surface area contributed by atoms with E-state index in [1.165, 1.54) is 38.5 Å². The first kappa shape index (κ1) is 25.8. The van der Waals surface area contributed by atoms with Gasteiger partial charge in [-0.05, 0) is 85.9 Å². The second kappa shape index (κ2) is 8.58. The van der Waals surface area contributed by atoms with Crippen LogP contribution in [-0.4, -0.2) is 33.5 Å². The monoisotopic (exact) mass is 486 g/mol. The number of carbonyl (C=O) groups excluding carboxylic acids is 1. The third-order valence-electron chi connectivity index (χ3n) is 12.3. The number of fused-ring (bicyclic) bond motifs is 6. The Morgan fingerprint density at radius 3 is 2.43 bits per heavy atom. The van der Waals surface area contributed by atoms with Crippen LogP contribution in [0.3, 0.4) is 0 Å². The molecule has 0 aromatic rings. The van der Waals surface area contributed by atoms with E-state index in [2.05, 4.69) is 41.2 Å². The van der Waals surface area contributed by atoms with Gasteiger partial charge in [0.1, 0.15) is 11.2 Å². The van der Waals surface area contributed by atoms with Crippen LogP contribution in [-0.2, 0) is 9.53 Å². The maximum atomic E-state index is 12.7. The van der Waals surface area contributed by atoms with Crippen molar-refractivity contribution in [3.05, 3.63) is 12.2 Å². The van der Waals surface area contributed by atoms with Crippen molar-refractivity contribution in [3.8, 4) is 0 Å². The Morgan fingerprint density at radius 1 is 1.03 bits per heavy atom. The fraction of sp³-hybridized carbons (Fsp3) is 0.903. The summed E-state index contributed by atoms with van der Waals surface area (Å²) in [6.45, 7) is 16.0. The van der Waals surface area contributed by atoms with Crippen molar-refractivity contribution in [2.24, 2.45) is 46.3 Å². The second-order valence-corrected chi connectivity index (χ2v) is 14.4. The molecule has 1 heterocycles. The maximum Gasteiger partial charge on any atom is 0.334 e. The van der Waals surface area contributed by atoms with Gasteiger partial charge in [0, 0.05) is 23.8 Å². The molecule has 5 aliphatic rings. The Bertz CT molecular complexity index is 848. The number of esters is 1. The third kappa shape index (κ3) is 3.62. The molecule has 0 amide bonds. The molecule has 4 aliphatic carbocycles. The minimum Gasteiger partial charge on any atom is -0.452 e. The highest BCUT2D eigenvalue weighted by molar-refractivity contribution is 5.90. The Kier molecular flexibility index (Phi) is 6.32. The quantitative estimate of drug-likeness (QED) is 0.347. The first-order chi connectivity index (χ1) is 16.4. The standard InChI is InChI=1S/C31H50O4/c1-19(2)8-7-9-20(3)24-10-11-25-23-18-30(16-21(4)27(33)35-30)31(34)17-22(32)12-15-29(31,6)26(23)13-14-28(24,25)5/h19-20,22-26,32,34H,4,7-18H2,1-3,5-6H3/t20-,22+,23+,24-,25+,26+,28-,29-,30+,31-/m1/s1. The number of aliphatic hydroxyl groups excluding tert-OH is 1. The van der Waals surface area contributed by atoms with Gasteiger partial charge < -0.3 is 14.9 Å². The molecule has 198 valence electrons. The van der Waals surface area contributed by atoms with E-state index >= 15 is 0 Å². The Labute approximate surface area is 213 Å². The molecule has 2 N–H and O–H groups in total. The number of hydrogen-bond acceptors (Lipinski definition) is 4. The van der Waals surface area contributed by atoms with Gasteiger partial charge in [0.2, 0.25) is 0 Å². The highest BCUT2D eigenvalue weighted by Gasteiger charge is 2.75. The molecule has 0 aromatic heterocycles. The van der Waals surface area contributed by atoms with E-state index in [1.54, 1.807) is 0 Å². The lowest BCUT2D eigenvalue weighted by atomic mass is 9.39. The van der Waals surface area contributed by atoms with Gasteiger partial charge in [-0.1, -0.05) is 60.5 Å². The summed E-state index contributed by atoms with van der Waals surface area (Å²) in [5.74, 6) is 3.45. The molecule has 0 bridgehead atoms. The highest BCUT2D eigenvalue weighted by Crippen LogP contribution is 2.72. The van der Waals surface area contributed by atoms with Crippen LogP contribution in [0.15, 0.2) is 12.2 Å². The fourth-order valence-corrected chi connectivity index (χ4v) is 10.5. The van der Waals surface area contributed by atoms with E-state index in [-0.39, 0.29) is 11.4 Å². The van der Waals surface area contributed by atoms with Crippen molar-refractivity contribution < 1.29 is 19.7 Å². The van der Waals surface area contributed by atoms with E-state index in [4.69, 9.17) is 4.74 Å². The van der Waals surface area contributed by atoms with E-state index in [0.717, 1.165) is 43.4 Å². The van der Waals surface area contributed by atoms with Crippen LogP contribution in [0.1, 0.15) is 112 Å². The Hall–Kier alpha value is -0.870. The molecular weight excluding hydrogens is 436 g/mol. The van der Waals surface area contributed by atoms with Crippen LogP contribution < -0.4 is 0 Å². The highest BCUT2D eigenvalue weighted by atomic mass is 16.6. The first-order valence-corrected chi connectivity index (χ1v) is 14.7. The van der Waals surface area contributed by atoms with Gasteiger partial charge in [0.05, 0.1) is 6.10 Å². The number of ether oxygens (including phenoxy) is 1. The van der Waals surface area contributed by atoms with Crippen molar-refractivity contribution in [1.82, 2.24) is 0 Å². The summed E-state index contributed by atoms with van der Waals surface area (Å²) in [5, 5.41) is 23.1. The number of hydrogen-bond donors (Lipinski definition) is 2. The molecule has 35 heavy (non-hydrogen) atoms. The number of carbonyl (C=O) groups is 1.